The van der Waals surface area contributed by atoms with Gasteiger partial charge in [-0.3, -0.25) is 58.1 Å². The van der Waals surface area contributed by atoms with Crippen molar-refractivity contribution in [2.45, 2.75) is 267 Å². The third-order valence-electron chi connectivity index (χ3n) is 16.7. The topological polar surface area (TPSA) is 329 Å². The van der Waals surface area contributed by atoms with Gasteiger partial charge in [0.15, 0.2) is 0 Å². The Hall–Kier alpha value is -7.69. The first kappa shape index (κ1) is 91.7. The van der Waals surface area contributed by atoms with Crippen LogP contribution in [0.1, 0.15) is 209 Å². The van der Waals surface area contributed by atoms with Gasteiger partial charge in [-0.05, 0) is 231 Å². The zero-order valence-corrected chi connectivity index (χ0v) is 68.4. The molecule has 2 fully saturated rings. The van der Waals surface area contributed by atoms with Crippen molar-refractivity contribution >= 4 is 82.1 Å². The number of amides is 6. The van der Waals surface area contributed by atoms with E-state index in [9.17, 15) is 52.7 Å². The summed E-state index contributed by atoms with van der Waals surface area (Å²) >= 11 is 0. The maximum absolute atomic E-state index is 14.7. The van der Waals surface area contributed by atoms with Gasteiger partial charge in [0, 0.05) is 91.3 Å². The number of carbonyl (C=O) groups excluding carboxylic acids is 11. The Labute approximate surface area is 635 Å². The first-order valence-electron chi connectivity index (χ1n) is 37.9. The second-order valence-electron chi connectivity index (χ2n) is 35.2. The lowest BCUT2D eigenvalue weighted by Gasteiger charge is -2.34. The second kappa shape index (κ2) is 40.7. The van der Waals surface area contributed by atoms with Gasteiger partial charge in [0.2, 0.25) is 17.7 Å². The predicted molar refractivity (Wildman–Crippen MR) is 409 cm³/mol. The molecule has 1 saturated carbocycles. The Balaban J connectivity index is 1.53. The number of hydrogen-bond donors (Lipinski definition) is 5. The number of esters is 6. The van der Waals surface area contributed by atoms with Crippen molar-refractivity contribution in [3.05, 3.63) is 42.0 Å². The van der Waals surface area contributed by atoms with E-state index in [1.165, 1.54) is 4.90 Å². The fourth-order valence-electron chi connectivity index (χ4n) is 12.0. The molecule has 3 atom stereocenters. The second-order valence-corrected chi connectivity index (χ2v) is 35.2. The fraction of sp³-hybridized carbons (Fsp3) is 0.734. The van der Waals surface area contributed by atoms with Gasteiger partial charge in [-0.15, -0.1) is 0 Å². The minimum Gasteiger partial charge on any atom is -0.460 e. The van der Waals surface area contributed by atoms with Crippen molar-refractivity contribution in [2.24, 2.45) is 11.8 Å². The number of anilines is 1. The van der Waals surface area contributed by atoms with E-state index in [0.29, 0.717) is 102 Å². The molecule has 1 heterocycles. The summed E-state index contributed by atoms with van der Waals surface area (Å²) in [5.74, 6) is -4.88. The van der Waals surface area contributed by atoms with Crippen LogP contribution >= 0.6 is 0 Å². The summed E-state index contributed by atoms with van der Waals surface area (Å²) in [6, 6.07) is 6.77. The maximum atomic E-state index is 14.7. The molecule has 2 aliphatic rings. The Kier molecular flexibility index (Phi) is 34.8. The number of ether oxygens (including phenoxy) is 7. The number of unbranched alkanes of at least 4 members (excludes halogenated alkanes) is 1. The molecule has 0 bridgehead atoms. The molecule has 1 saturated heterocycles. The van der Waals surface area contributed by atoms with Gasteiger partial charge in [0.25, 0.3) is 0 Å². The van der Waals surface area contributed by atoms with E-state index in [1.54, 1.807) is 132 Å². The highest BCUT2D eigenvalue weighted by atomic mass is 16.6. The summed E-state index contributed by atoms with van der Waals surface area (Å²) in [4.78, 5) is 160. The third-order valence-corrected chi connectivity index (χ3v) is 16.7. The van der Waals surface area contributed by atoms with Crippen LogP contribution in [-0.2, 0) is 82.7 Å². The zero-order valence-electron chi connectivity index (χ0n) is 68.4. The smallest absolute Gasteiger partial charge is 0.414 e. The molecule has 604 valence electrons. The van der Waals surface area contributed by atoms with E-state index in [4.69, 9.17) is 33.2 Å². The minimum atomic E-state index is -1.29. The van der Waals surface area contributed by atoms with Gasteiger partial charge in [-0.25, -0.2) is 19.2 Å². The van der Waals surface area contributed by atoms with Gasteiger partial charge in [-0.2, -0.15) is 0 Å². The summed E-state index contributed by atoms with van der Waals surface area (Å²) in [6.07, 6.45) is 1.70. The van der Waals surface area contributed by atoms with Crippen LogP contribution in [0.4, 0.5) is 15.3 Å². The van der Waals surface area contributed by atoms with E-state index < -0.39 is 117 Å². The van der Waals surface area contributed by atoms with E-state index in [0.717, 1.165) is 10.8 Å². The highest BCUT2D eigenvalue weighted by Crippen LogP contribution is 2.32. The molecule has 28 heteroatoms. The molecule has 2 aromatic carbocycles. The molecule has 0 spiro atoms. The van der Waals surface area contributed by atoms with Gasteiger partial charge < -0.3 is 59.7 Å². The summed E-state index contributed by atoms with van der Waals surface area (Å²) in [5, 5.41) is 16.1. The zero-order chi connectivity index (χ0) is 80.6. The monoisotopic (exact) mass is 1510 g/mol. The number of benzene rings is 2. The summed E-state index contributed by atoms with van der Waals surface area (Å²) < 4.78 is 39.7. The van der Waals surface area contributed by atoms with Crippen molar-refractivity contribution in [2.75, 3.05) is 104 Å². The first-order chi connectivity index (χ1) is 49.3. The number of urea groups is 1. The number of fused-ring (bicyclic) bond motifs is 1. The quantitative estimate of drug-likeness (QED) is 0.0302. The Morgan fingerprint density at radius 2 is 0.841 bits per heavy atom. The van der Waals surface area contributed by atoms with Crippen LogP contribution < -0.4 is 31.5 Å². The lowest BCUT2D eigenvalue weighted by Crippen LogP contribution is -2.53. The van der Waals surface area contributed by atoms with E-state index in [1.807, 2.05) is 76.8 Å². The molecule has 0 aromatic heterocycles. The largest absolute Gasteiger partial charge is 0.460 e. The molecular weight excluding hydrogens is 1380 g/mol. The lowest BCUT2D eigenvalue weighted by atomic mass is 9.81. The minimum absolute atomic E-state index is 0.00478. The number of nitrogens with zero attached hydrogens (tertiary/aromatic N) is 5. The molecule has 1 aliphatic heterocycles. The summed E-state index contributed by atoms with van der Waals surface area (Å²) in [5.41, 5.74) is -4.60. The van der Waals surface area contributed by atoms with Gasteiger partial charge >= 0.3 is 47.9 Å². The van der Waals surface area contributed by atoms with Crippen LogP contribution in [0.3, 0.4) is 0 Å². The van der Waals surface area contributed by atoms with Gasteiger partial charge in [0.05, 0.1) is 31.9 Å². The van der Waals surface area contributed by atoms with Crippen molar-refractivity contribution < 1.29 is 85.9 Å². The molecule has 0 radical (unpaired) electrons. The van der Waals surface area contributed by atoms with E-state index >= 15 is 0 Å². The predicted octanol–water partition coefficient (Wildman–Crippen LogP) is 8.54. The van der Waals surface area contributed by atoms with Crippen molar-refractivity contribution in [1.82, 2.24) is 46.2 Å². The fourth-order valence-corrected chi connectivity index (χ4v) is 12.0. The molecule has 5 N–H and O–H groups in total. The highest BCUT2D eigenvalue weighted by Gasteiger charge is 2.36. The van der Waals surface area contributed by atoms with Crippen LogP contribution in [0.15, 0.2) is 36.4 Å². The Bertz CT molecular complexity index is 3260. The van der Waals surface area contributed by atoms with Crippen molar-refractivity contribution in [1.29, 1.82) is 0 Å². The molecule has 0 unspecified atom stereocenters. The molecule has 28 nitrogen and oxygen atoms in total. The molecule has 6 amide bonds. The first-order valence-corrected chi connectivity index (χ1v) is 37.9. The lowest BCUT2D eigenvalue weighted by molar-refractivity contribution is -0.159. The van der Waals surface area contributed by atoms with Gasteiger partial charge in [-0.1, -0.05) is 24.3 Å². The van der Waals surface area contributed by atoms with Crippen molar-refractivity contribution in [3.63, 3.8) is 0 Å². The summed E-state index contributed by atoms with van der Waals surface area (Å²) in [7, 11) is 1.59. The van der Waals surface area contributed by atoms with Crippen LogP contribution in [0.25, 0.3) is 10.8 Å². The van der Waals surface area contributed by atoms with E-state index in [2.05, 4.69) is 26.6 Å². The van der Waals surface area contributed by atoms with E-state index in [-0.39, 0.29) is 82.6 Å². The van der Waals surface area contributed by atoms with Crippen LogP contribution in [0, 0.1) is 11.8 Å². The highest BCUT2D eigenvalue weighted by molar-refractivity contribution is 5.96. The SMILES string of the molecule is CN(C(=O)OC(C)(C)C)c1cc2ccccc2cc1C[C@@H](NC(=O)C1CCC(CNC(=O)CN2CCN(CC(=O)OC(C)(C)C)CCN(CC(=O)OC(C)(C)C)CCN(CC(=O)OC(C)(C)C)CC2)CC1)C(=O)NCCCC[C@H](NC(=O)N[C@@H](CCC(=O)OC(C)(C)C)C(=O)OC(C)(C)C)C(=O)OC(C)(C)C. The number of nitrogens with one attached hydrogen (secondary N) is 5. The molecule has 2 aromatic rings. The molecule has 107 heavy (non-hydrogen) atoms. The normalized spacial score (nSPS) is 17.6. The number of rotatable bonds is 28. The van der Waals surface area contributed by atoms with Crippen LogP contribution in [-0.4, -0.2) is 241 Å². The molecular formula is C79H130N10O18. The Morgan fingerprint density at radius 3 is 1.26 bits per heavy atom. The average Bonchev–Trinajstić information content (AvgIpc) is 0.791. The third kappa shape index (κ3) is 38.3. The standard InChI is InChI=1S/C79H130N10O18/c1-73(2,3)101-63(91)35-34-59(70(98)106-78(16,17)18)84-71(99)83-58(69(97)105-77(13,14)15)29-25-26-36-80-68(96)60(46-57-45-55-27-23-24-28-56(55)47-61(57)85(22)72(100)107-79(19,20)21)82-67(95)54-32-30-53(31-33-54)48-81-62(90)49-86-37-39-87(50-64(92)102-74(4,5)6)41-43-89(52-66(94)104-76(10,11)12)44-42-88(40-38-86)51-65(93)103-75(7,8)9/h23-24,27-28,45,47,53-54,58-60H,25-26,29-44,46,48-52H2,1-22H3,(H,80,96)(H,81,90)(H,82,95)(H2,83,84,99)/t53?,54?,58-,59-,60+/m0/s1. The average molecular weight is 1510 g/mol. The molecule has 4 rings (SSSR count). The van der Waals surface area contributed by atoms with Crippen LogP contribution in [0.2, 0.25) is 0 Å². The maximum Gasteiger partial charge on any atom is 0.414 e. The summed E-state index contributed by atoms with van der Waals surface area (Å²) in [6.45, 7) is 40.2. The van der Waals surface area contributed by atoms with Crippen LogP contribution in [0.5, 0.6) is 0 Å². The van der Waals surface area contributed by atoms with Gasteiger partial charge in [0.1, 0.15) is 57.3 Å². The number of hydrogen-bond acceptors (Lipinski definition) is 22. The Morgan fingerprint density at radius 1 is 0.449 bits per heavy atom. The molecule has 1 aliphatic carbocycles. The van der Waals surface area contributed by atoms with Crippen molar-refractivity contribution in [3.8, 4) is 0 Å². The number of carbonyl (C=O) groups is 11.